The Balaban J connectivity index is 1.83. The topological polar surface area (TPSA) is 105 Å². The zero-order valence-corrected chi connectivity index (χ0v) is 28.9. The highest BCUT2D eigenvalue weighted by atomic mass is 79.9. The molecule has 0 aliphatic rings. The summed E-state index contributed by atoms with van der Waals surface area (Å²) in [4.78, 5) is 29.5. The van der Waals surface area contributed by atoms with Gasteiger partial charge in [-0.15, -0.1) is 0 Å². The monoisotopic (exact) mass is 725 g/mol. The van der Waals surface area contributed by atoms with Crippen LogP contribution in [0.25, 0.3) is 0 Å². The molecule has 2 amide bonds. The van der Waals surface area contributed by atoms with Gasteiger partial charge >= 0.3 is 0 Å². The highest BCUT2D eigenvalue weighted by Gasteiger charge is 2.35. The molecule has 1 atom stereocenters. The number of nitrogens with zero attached hydrogens (tertiary/aromatic N) is 2. The standard InChI is InChI=1S/C35H37BrFN3O6S/c1-24(2)38-35(42)31(20-25-9-6-5-7-10-25)39(22-26-11-8-12-27(36)19-26)34(41)23-40(29-15-13-28(37)14-16-29)47(43,44)30-17-18-32(45-3)33(21-30)46-4/h5-19,21,24,31H,20,22-23H2,1-4H3,(H,38,42)/t31-/m1/s1. The number of hydrogen-bond donors (Lipinski definition) is 1. The van der Waals surface area contributed by atoms with E-state index in [2.05, 4.69) is 21.2 Å². The first-order valence-electron chi connectivity index (χ1n) is 14.8. The second-order valence-electron chi connectivity index (χ2n) is 11.0. The van der Waals surface area contributed by atoms with Gasteiger partial charge in [-0.3, -0.25) is 13.9 Å². The molecular weight excluding hydrogens is 689 g/mol. The van der Waals surface area contributed by atoms with E-state index in [1.807, 2.05) is 68.4 Å². The first-order valence-corrected chi connectivity index (χ1v) is 17.0. The van der Waals surface area contributed by atoms with Crippen molar-refractivity contribution in [1.82, 2.24) is 10.2 Å². The van der Waals surface area contributed by atoms with E-state index in [0.29, 0.717) is 5.75 Å². The predicted molar refractivity (Wildman–Crippen MR) is 182 cm³/mol. The molecule has 0 spiro atoms. The number of anilines is 1. The second kappa shape index (κ2) is 15.9. The van der Waals surface area contributed by atoms with Gasteiger partial charge in [0.1, 0.15) is 18.4 Å². The Morgan fingerprint density at radius 2 is 1.51 bits per heavy atom. The zero-order chi connectivity index (χ0) is 34.1. The number of nitrogens with one attached hydrogen (secondary N) is 1. The van der Waals surface area contributed by atoms with Gasteiger partial charge in [0.05, 0.1) is 24.8 Å². The number of amides is 2. The quantitative estimate of drug-likeness (QED) is 0.172. The molecule has 0 bridgehead atoms. The van der Waals surface area contributed by atoms with Crippen LogP contribution in [0.5, 0.6) is 11.5 Å². The number of carbonyl (C=O) groups excluding carboxylic acids is 2. The molecule has 1 N–H and O–H groups in total. The first kappa shape index (κ1) is 35.4. The van der Waals surface area contributed by atoms with Crippen molar-refractivity contribution in [2.45, 2.75) is 43.8 Å². The summed E-state index contributed by atoms with van der Waals surface area (Å²) < 4.78 is 54.8. The van der Waals surface area contributed by atoms with Crippen LogP contribution in [0.4, 0.5) is 10.1 Å². The van der Waals surface area contributed by atoms with Crippen molar-refractivity contribution in [2.75, 3.05) is 25.1 Å². The van der Waals surface area contributed by atoms with Gasteiger partial charge in [-0.1, -0.05) is 58.4 Å². The summed E-state index contributed by atoms with van der Waals surface area (Å²) in [6, 6.07) is 24.3. The van der Waals surface area contributed by atoms with E-state index >= 15 is 0 Å². The lowest BCUT2D eigenvalue weighted by atomic mass is 10.0. The average Bonchev–Trinajstić information content (AvgIpc) is 3.05. The number of carbonyl (C=O) groups is 2. The van der Waals surface area contributed by atoms with Crippen LogP contribution in [0.2, 0.25) is 0 Å². The van der Waals surface area contributed by atoms with Gasteiger partial charge in [-0.2, -0.15) is 0 Å². The minimum atomic E-state index is -4.44. The molecule has 4 aromatic carbocycles. The van der Waals surface area contributed by atoms with Crippen LogP contribution in [-0.4, -0.2) is 58.0 Å². The van der Waals surface area contributed by atoms with Crippen LogP contribution in [0.1, 0.15) is 25.0 Å². The van der Waals surface area contributed by atoms with Gasteiger partial charge in [0, 0.05) is 29.5 Å². The number of rotatable bonds is 14. The molecule has 0 aliphatic heterocycles. The van der Waals surface area contributed by atoms with Gasteiger partial charge in [0.15, 0.2) is 11.5 Å². The lowest BCUT2D eigenvalue weighted by molar-refractivity contribution is -0.140. The third-order valence-corrected chi connectivity index (χ3v) is 9.54. The van der Waals surface area contributed by atoms with Crippen LogP contribution in [-0.2, 0) is 32.6 Å². The second-order valence-corrected chi connectivity index (χ2v) is 13.8. The molecular formula is C35H37BrFN3O6S. The predicted octanol–water partition coefficient (Wildman–Crippen LogP) is 5.97. The van der Waals surface area contributed by atoms with Gasteiger partial charge in [0.25, 0.3) is 10.0 Å². The Kier molecular flexibility index (Phi) is 12.0. The smallest absolute Gasteiger partial charge is 0.264 e. The number of sulfonamides is 1. The van der Waals surface area contributed by atoms with E-state index in [0.717, 1.165) is 32.0 Å². The molecule has 9 nitrogen and oxygen atoms in total. The van der Waals surface area contributed by atoms with Gasteiger partial charge in [-0.05, 0) is 73.5 Å². The number of halogens is 2. The molecule has 248 valence electrons. The van der Waals surface area contributed by atoms with E-state index in [-0.39, 0.29) is 41.2 Å². The van der Waals surface area contributed by atoms with E-state index in [4.69, 9.17) is 9.47 Å². The number of hydrogen-bond acceptors (Lipinski definition) is 6. The minimum absolute atomic E-state index is 0.00888. The summed E-state index contributed by atoms with van der Waals surface area (Å²) in [5.74, 6) is -1.12. The van der Waals surface area contributed by atoms with E-state index < -0.39 is 34.3 Å². The van der Waals surface area contributed by atoms with Crippen LogP contribution in [0, 0.1) is 5.82 Å². The summed E-state index contributed by atoms with van der Waals surface area (Å²) in [6.45, 7) is 2.97. The van der Waals surface area contributed by atoms with Crippen LogP contribution >= 0.6 is 15.9 Å². The van der Waals surface area contributed by atoms with E-state index in [1.54, 1.807) is 0 Å². The number of methoxy groups -OCH3 is 2. The maximum absolute atomic E-state index is 14.5. The summed E-state index contributed by atoms with van der Waals surface area (Å²) >= 11 is 3.47. The van der Waals surface area contributed by atoms with Gasteiger partial charge in [-0.25, -0.2) is 12.8 Å². The van der Waals surface area contributed by atoms with E-state index in [9.17, 15) is 22.4 Å². The molecule has 4 aromatic rings. The molecule has 47 heavy (non-hydrogen) atoms. The lowest BCUT2D eigenvalue weighted by Gasteiger charge is -2.34. The fraction of sp³-hybridized carbons (Fsp3) is 0.257. The largest absolute Gasteiger partial charge is 0.493 e. The molecule has 0 unspecified atom stereocenters. The molecule has 0 saturated carbocycles. The molecule has 0 saturated heterocycles. The first-order chi connectivity index (χ1) is 22.4. The molecule has 0 fully saturated rings. The highest BCUT2D eigenvalue weighted by molar-refractivity contribution is 9.10. The Bertz CT molecular complexity index is 1790. The number of benzene rings is 4. The maximum Gasteiger partial charge on any atom is 0.264 e. The van der Waals surface area contributed by atoms with Crippen molar-refractivity contribution in [3.05, 3.63) is 118 Å². The van der Waals surface area contributed by atoms with Crippen LogP contribution < -0.4 is 19.1 Å². The minimum Gasteiger partial charge on any atom is -0.493 e. The molecule has 0 aromatic heterocycles. The fourth-order valence-corrected chi connectivity index (χ4v) is 6.88. The molecule has 4 rings (SSSR count). The molecule has 0 heterocycles. The molecule has 0 radical (unpaired) electrons. The van der Waals surface area contributed by atoms with Crippen molar-refractivity contribution in [1.29, 1.82) is 0 Å². The van der Waals surface area contributed by atoms with Crippen molar-refractivity contribution in [3.63, 3.8) is 0 Å². The fourth-order valence-electron chi connectivity index (χ4n) is 5.01. The Morgan fingerprint density at radius 1 is 0.851 bits per heavy atom. The van der Waals surface area contributed by atoms with Crippen LogP contribution in [0.3, 0.4) is 0 Å². The summed E-state index contributed by atoms with van der Waals surface area (Å²) in [5.41, 5.74) is 1.60. The molecule has 0 aliphatic carbocycles. The van der Waals surface area contributed by atoms with E-state index in [1.165, 1.54) is 49.5 Å². The highest BCUT2D eigenvalue weighted by Crippen LogP contribution is 2.32. The lowest BCUT2D eigenvalue weighted by Crippen LogP contribution is -2.54. The van der Waals surface area contributed by atoms with Gasteiger partial charge in [0.2, 0.25) is 11.8 Å². The van der Waals surface area contributed by atoms with Crippen molar-refractivity contribution < 1.29 is 31.9 Å². The summed E-state index contributed by atoms with van der Waals surface area (Å²) in [5, 5.41) is 2.93. The van der Waals surface area contributed by atoms with Crippen LogP contribution in [0.15, 0.2) is 106 Å². The maximum atomic E-state index is 14.5. The average molecular weight is 727 g/mol. The Labute approximate surface area is 283 Å². The zero-order valence-electron chi connectivity index (χ0n) is 26.5. The summed E-state index contributed by atoms with van der Waals surface area (Å²) in [6.07, 6.45) is 0.179. The van der Waals surface area contributed by atoms with Gasteiger partial charge < -0.3 is 19.7 Å². The Morgan fingerprint density at radius 3 is 2.13 bits per heavy atom. The number of ether oxygens (including phenoxy) is 2. The summed E-state index contributed by atoms with van der Waals surface area (Å²) in [7, 11) is -1.63. The van der Waals surface area contributed by atoms with Crippen molar-refractivity contribution >= 4 is 43.5 Å². The molecule has 12 heteroatoms. The Hall–Kier alpha value is -4.42. The van der Waals surface area contributed by atoms with Crippen molar-refractivity contribution in [3.8, 4) is 11.5 Å². The van der Waals surface area contributed by atoms with Crippen molar-refractivity contribution in [2.24, 2.45) is 0 Å². The normalized spacial score (nSPS) is 11.9. The third-order valence-electron chi connectivity index (χ3n) is 7.28. The SMILES string of the molecule is COc1ccc(S(=O)(=O)N(CC(=O)N(Cc2cccc(Br)c2)[C@H](Cc2ccccc2)C(=O)NC(C)C)c2ccc(F)cc2)cc1OC. The third kappa shape index (κ3) is 9.11.